The van der Waals surface area contributed by atoms with E-state index in [1.54, 1.807) is 6.08 Å². The van der Waals surface area contributed by atoms with Crippen molar-refractivity contribution in [3.8, 4) is 0 Å². The zero-order valence-corrected chi connectivity index (χ0v) is 17.8. The molecule has 1 aliphatic carbocycles. The molecule has 1 aliphatic heterocycles. The third kappa shape index (κ3) is 4.71. The molecule has 0 bridgehead atoms. The zero-order chi connectivity index (χ0) is 21.1. The predicted octanol–water partition coefficient (Wildman–Crippen LogP) is 3.35. The van der Waals surface area contributed by atoms with Gasteiger partial charge in [-0.2, -0.15) is 0 Å². The largest absolute Gasteiger partial charge is 0.389 e. The lowest BCUT2D eigenvalue weighted by Crippen LogP contribution is -2.53. The van der Waals surface area contributed by atoms with Crippen LogP contribution in [0.5, 0.6) is 0 Å². The molecule has 2 aromatic rings. The number of aromatic nitrogens is 2. The highest BCUT2D eigenvalue weighted by Crippen LogP contribution is 2.34. The Hall–Kier alpha value is -2.31. The third-order valence-corrected chi connectivity index (χ3v) is 6.73. The van der Waals surface area contributed by atoms with Gasteiger partial charge in [-0.3, -0.25) is 9.69 Å². The fourth-order valence-corrected chi connectivity index (χ4v) is 4.93. The van der Waals surface area contributed by atoms with Crippen LogP contribution in [0.2, 0.25) is 0 Å². The Kier molecular flexibility index (Phi) is 6.44. The Morgan fingerprint density at radius 3 is 2.80 bits per heavy atom. The van der Waals surface area contributed by atoms with Crippen LogP contribution in [-0.2, 0) is 4.79 Å². The number of benzene rings is 1. The van der Waals surface area contributed by atoms with Crippen molar-refractivity contribution < 1.29 is 9.90 Å². The highest BCUT2D eigenvalue weighted by molar-refractivity contribution is 5.91. The number of hydrogen-bond acceptors (Lipinski definition) is 6. The molecule has 1 aromatic carbocycles. The maximum atomic E-state index is 12.5. The first-order valence-electron chi connectivity index (χ1n) is 11.0. The Bertz CT molecular complexity index is 901. The molecule has 6 heteroatoms. The first-order valence-corrected chi connectivity index (χ1v) is 11.0. The number of aryl methyl sites for hydroxylation is 1. The lowest BCUT2D eigenvalue weighted by Gasteiger charge is -2.47. The number of likely N-dealkylation sites (tertiary alicyclic amines) is 1. The Morgan fingerprint density at radius 2 is 2.07 bits per heavy atom. The van der Waals surface area contributed by atoms with Crippen molar-refractivity contribution in [2.24, 2.45) is 11.8 Å². The number of anilines is 1. The lowest BCUT2D eigenvalue weighted by atomic mass is 9.80. The molecule has 2 heterocycles. The summed E-state index contributed by atoms with van der Waals surface area (Å²) >= 11 is 0. The van der Waals surface area contributed by atoms with Gasteiger partial charge in [-0.25, -0.2) is 9.97 Å². The standard InChI is InChI=1S/C24H32N4O2/c1-3-23(30)18-5-7-19(8-6-18)28-13-17(14-28)11-20(29)12-25-24-21-10-16(2)4-9-22(21)26-15-27-24/h3-4,9-10,15,17-19,23,30H,1,5-8,11-14H2,2H3,(H,25,26,27). The molecule has 1 aromatic heterocycles. The van der Waals surface area contributed by atoms with E-state index in [-0.39, 0.29) is 11.9 Å². The number of carbonyl (C=O) groups excluding carboxylic acids is 1. The summed E-state index contributed by atoms with van der Waals surface area (Å²) < 4.78 is 0. The number of aliphatic hydroxyl groups is 1. The second kappa shape index (κ2) is 9.23. The Labute approximate surface area is 178 Å². The van der Waals surface area contributed by atoms with Gasteiger partial charge in [-0.05, 0) is 56.6 Å². The van der Waals surface area contributed by atoms with Crippen molar-refractivity contribution in [2.75, 3.05) is 25.0 Å². The quantitative estimate of drug-likeness (QED) is 0.652. The van der Waals surface area contributed by atoms with Gasteiger partial charge in [-0.15, -0.1) is 6.58 Å². The van der Waals surface area contributed by atoms with Gasteiger partial charge in [0.05, 0.1) is 18.2 Å². The van der Waals surface area contributed by atoms with Crippen LogP contribution in [-0.4, -0.2) is 57.5 Å². The lowest BCUT2D eigenvalue weighted by molar-refractivity contribution is -0.120. The fourth-order valence-electron chi connectivity index (χ4n) is 4.93. The summed E-state index contributed by atoms with van der Waals surface area (Å²) in [6.07, 6.45) is 7.86. The van der Waals surface area contributed by atoms with Crippen molar-refractivity contribution in [2.45, 2.75) is 51.2 Å². The third-order valence-electron chi connectivity index (χ3n) is 6.73. The van der Waals surface area contributed by atoms with E-state index in [4.69, 9.17) is 0 Å². The van der Waals surface area contributed by atoms with E-state index < -0.39 is 0 Å². The predicted molar refractivity (Wildman–Crippen MR) is 119 cm³/mol. The van der Waals surface area contributed by atoms with E-state index in [0.29, 0.717) is 30.8 Å². The minimum absolute atomic E-state index is 0.233. The van der Waals surface area contributed by atoms with Crippen molar-refractivity contribution >= 4 is 22.5 Å². The van der Waals surface area contributed by atoms with Crippen LogP contribution < -0.4 is 5.32 Å². The van der Waals surface area contributed by atoms with Crippen LogP contribution in [0, 0.1) is 18.8 Å². The summed E-state index contributed by atoms with van der Waals surface area (Å²) in [5.41, 5.74) is 2.03. The van der Waals surface area contributed by atoms with E-state index in [9.17, 15) is 9.90 Å². The molecule has 0 radical (unpaired) electrons. The van der Waals surface area contributed by atoms with Crippen molar-refractivity contribution in [1.29, 1.82) is 0 Å². The molecule has 30 heavy (non-hydrogen) atoms. The number of hydrogen-bond donors (Lipinski definition) is 2. The molecular formula is C24H32N4O2. The van der Waals surface area contributed by atoms with E-state index in [1.165, 1.54) is 6.33 Å². The van der Waals surface area contributed by atoms with Gasteiger partial charge in [-0.1, -0.05) is 17.7 Å². The molecule has 1 saturated carbocycles. The fraction of sp³-hybridized carbons (Fsp3) is 0.542. The molecule has 6 nitrogen and oxygen atoms in total. The van der Waals surface area contributed by atoms with Gasteiger partial charge in [0.2, 0.25) is 0 Å². The van der Waals surface area contributed by atoms with Crippen LogP contribution >= 0.6 is 0 Å². The molecule has 160 valence electrons. The first-order chi connectivity index (χ1) is 14.5. The number of fused-ring (bicyclic) bond motifs is 1. The summed E-state index contributed by atoms with van der Waals surface area (Å²) in [6, 6.07) is 6.67. The van der Waals surface area contributed by atoms with Crippen LogP contribution in [0.3, 0.4) is 0 Å². The molecule has 0 spiro atoms. The van der Waals surface area contributed by atoms with E-state index in [0.717, 1.165) is 61.1 Å². The molecule has 2 fully saturated rings. The molecule has 2 N–H and O–H groups in total. The topological polar surface area (TPSA) is 78.4 Å². The van der Waals surface area contributed by atoms with Crippen molar-refractivity contribution in [1.82, 2.24) is 14.9 Å². The average molecular weight is 409 g/mol. The number of carbonyl (C=O) groups is 1. The van der Waals surface area contributed by atoms with Crippen molar-refractivity contribution in [3.63, 3.8) is 0 Å². The van der Waals surface area contributed by atoms with Gasteiger partial charge in [0.15, 0.2) is 5.78 Å². The zero-order valence-electron chi connectivity index (χ0n) is 17.8. The van der Waals surface area contributed by atoms with Crippen LogP contribution in [0.15, 0.2) is 37.2 Å². The molecule has 1 saturated heterocycles. The summed E-state index contributed by atoms with van der Waals surface area (Å²) in [4.78, 5) is 23.6. The molecule has 2 aliphatic rings. The number of nitrogens with one attached hydrogen (secondary N) is 1. The van der Waals surface area contributed by atoms with E-state index in [1.807, 2.05) is 19.1 Å². The van der Waals surface area contributed by atoms with Gasteiger partial charge in [0, 0.05) is 30.9 Å². The van der Waals surface area contributed by atoms with E-state index in [2.05, 4.69) is 32.8 Å². The maximum absolute atomic E-state index is 12.5. The van der Waals surface area contributed by atoms with Crippen molar-refractivity contribution in [3.05, 3.63) is 42.7 Å². The summed E-state index contributed by atoms with van der Waals surface area (Å²) in [5.74, 6) is 1.79. The minimum Gasteiger partial charge on any atom is -0.389 e. The second-order valence-electron chi connectivity index (χ2n) is 8.95. The number of ketones is 1. The van der Waals surface area contributed by atoms with Gasteiger partial charge in [0.1, 0.15) is 12.1 Å². The average Bonchev–Trinajstić information content (AvgIpc) is 2.74. The van der Waals surface area contributed by atoms with Crippen LogP contribution in [0.25, 0.3) is 10.9 Å². The van der Waals surface area contributed by atoms with Crippen LogP contribution in [0.1, 0.15) is 37.7 Å². The summed E-state index contributed by atoms with van der Waals surface area (Å²) in [7, 11) is 0. The second-order valence-corrected chi connectivity index (χ2v) is 8.95. The van der Waals surface area contributed by atoms with Crippen LogP contribution in [0.4, 0.5) is 5.82 Å². The number of aliphatic hydroxyl groups excluding tert-OH is 1. The molecule has 1 unspecified atom stereocenters. The number of rotatable bonds is 8. The highest BCUT2D eigenvalue weighted by atomic mass is 16.3. The van der Waals surface area contributed by atoms with Gasteiger partial charge < -0.3 is 10.4 Å². The van der Waals surface area contributed by atoms with Gasteiger partial charge >= 0.3 is 0 Å². The Balaban J connectivity index is 1.21. The molecule has 0 amide bonds. The molecule has 1 atom stereocenters. The highest BCUT2D eigenvalue weighted by Gasteiger charge is 2.36. The monoisotopic (exact) mass is 408 g/mol. The smallest absolute Gasteiger partial charge is 0.152 e. The maximum Gasteiger partial charge on any atom is 0.152 e. The first kappa shape index (κ1) is 20.9. The molecular weight excluding hydrogens is 376 g/mol. The Morgan fingerprint density at radius 1 is 1.30 bits per heavy atom. The van der Waals surface area contributed by atoms with Gasteiger partial charge in [0.25, 0.3) is 0 Å². The summed E-state index contributed by atoms with van der Waals surface area (Å²) in [5, 5.41) is 14.1. The molecule has 4 rings (SSSR count). The summed E-state index contributed by atoms with van der Waals surface area (Å²) in [6.45, 7) is 8.08. The SMILES string of the molecule is C=CC(O)C1CCC(N2CC(CC(=O)CNc3ncnc4ccc(C)cc34)C2)CC1. The normalized spacial score (nSPS) is 23.7. The van der Waals surface area contributed by atoms with E-state index >= 15 is 0 Å². The number of nitrogens with zero attached hydrogens (tertiary/aromatic N) is 3. The minimum atomic E-state index is -0.365. The number of Topliss-reactive ketones (excluding diaryl/α,β-unsaturated/α-hetero) is 1.